The Labute approximate surface area is 285 Å². The van der Waals surface area contributed by atoms with Crippen LogP contribution in [0.25, 0.3) is 0 Å². The highest BCUT2D eigenvalue weighted by molar-refractivity contribution is 7.85. The third kappa shape index (κ3) is 33.9. The van der Waals surface area contributed by atoms with Gasteiger partial charge in [-0.25, -0.2) is 0 Å². The van der Waals surface area contributed by atoms with E-state index in [-0.39, 0.29) is 12.3 Å². The van der Waals surface area contributed by atoms with Gasteiger partial charge in [-0.1, -0.05) is 179 Å². The standard InChI is InChI=1S/C39H73NO5S/c1-3-5-7-9-11-13-15-17-18-19-20-21-22-23-25-27-29-31-33-35-39(42)40-37(36-46(43,44)45)38(41)34-32-30-28-26-24-16-14-12-10-8-6-4-2/h10,12,24,26,32,34,37-38,41H,3-9,11,13-23,25,27-31,33,35-36H2,1-2H3,(H,40,42)(H,43,44,45)/b12-10+,26-24+,34-32+. The monoisotopic (exact) mass is 668 g/mol. The van der Waals surface area contributed by atoms with Crippen molar-refractivity contribution in [3.63, 3.8) is 0 Å². The number of aliphatic hydroxyl groups is 1. The predicted octanol–water partition coefficient (Wildman–Crippen LogP) is 11.0. The lowest BCUT2D eigenvalue weighted by Crippen LogP contribution is -2.46. The van der Waals surface area contributed by atoms with Gasteiger partial charge in [0.05, 0.1) is 17.9 Å². The highest BCUT2D eigenvalue weighted by Gasteiger charge is 2.24. The minimum Gasteiger partial charge on any atom is -0.387 e. The summed E-state index contributed by atoms with van der Waals surface area (Å²) >= 11 is 0. The topological polar surface area (TPSA) is 104 Å². The Morgan fingerprint density at radius 2 is 0.935 bits per heavy atom. The van der Waals surface area contributed by atoms with E-state index in [1.807, 2.05) is 0 Å². The van der Waals surface area contributed by atoms with Crippen LogP contribution < -0.4 is 5.32 Å². The molecule has 0 saturated carbocycles. The van der Waals surface area contributed by atoms with Crippen LogP contribution in [-0.2, 0) is 14.9 Å². The lowest BCUT2D eigenvalue weighted by molar-refractivity contribution is -0.122. The van der Waals surface area contributed by atoms with Gasteiger partial charge in [-0.2, -0.15) is 8.42 Å². The van der Waals surface area contributed by atoms with Gasteiger partial charge in [-0.15, -0.1) is 0 Å². The summed E-state index contributed by atoms with van der Waals surface area (Å²) < 4.78 is 32.3. The summed E-state index contributed by atoms with van der Waals surface area (Å²) in [6.45, 7) is 4.47. The highest BCUT2D eigenvalue weighted by atomic mass is 32.2. The van der Waals surface area contributed by atoms with Crippen LogP contribution in [0.1, 0.15) is 187 Å². The molecule has 3 N–H and O–H groups in total. The molecule has 0 fully saturated rings. The van der Waals surface area contributed by atoms with E-state index < -0.39 is 28.0 Å². The largest absolute Gasteiger partial charge is 0.387 e. The van der Waals surface area contributed by atoms with Crippen LogP contribution in [0.5, 0.6) is 0 Å². The molecule has 0 heterocycles. The third-order valence-corrected chi connectivity index (χ3v) is 9.33. The van der Waals surface area contributed by atoms with Crippen molar-refractivity contribution >= 4 is 16.0 Å². The van der Waals surface area contributed by atoms with Crippen molar-refractivity contribution in [3.8, 4) is 0 Å². The molecule has 0 aromatic heterocycles. The summed E-state index contributed by atoms with van der Waals surface area (Å²) in [5, 5.41) is 13.1. The minimum absolute atomic E-state index is 0.288. The molecule has 7 heteroatoms. The second kappa shape index (κ2) is 33.5. The number of hydrogen-bond acceptors (Lipinski definition) is 4. The SMILES string of the molecule is CCCC/C=C/CC/C=C/CC/C=C/C(O)C(CS(=O)(=O)O)NC(=O)CCCCCCCCCCCCCCCCCCCCC. The zero-order valence-corrected chi connectivity index (χ0v) is 30.8. The summed E-state index contributed by atoms with van der Waals surface area (Å²) in [4.78, 5) is 12.5. The second-order valence-electron chi connectivity index (χ2n) is 13.2. The van der Waals surface area contributed by atoms with Gasteiger partial charge in [0, 0.05) is 6.42 Å². The molecule has 0 rings (SSSR count). The van der Waals surface area contributed by atoms with Crippen LogP contribution in [0.2, 0.25) is 0 Å². The van der Waals surface area contributed by atoms with Crippen LogP contribution >= 0.6 is 0 Å². The van der Waals surface area contributed by atoms with E-state index in [0.717, 1.165) is 44.9 Å². The maximum absolute atomic E-state index is 12.5. The van der Waals surface area contributed by atoms with E-state index in [0.29, 0.717) is 6.42 Å². The average molecular weight is 668 g/mol. The van der Waals surface area contributed by atoms with E-state index in [1.54, 1.807) is 6.08 Å². The number of nitrogens with one attached hydrogen (secondary N) is 1. The fraction of sp³-hybridized carbons (Fsp3) is 0.821. The molecule has 0 aliphatic heterocycles. The van der Waals surface area contributed by atoms with Gasteiger partial charge >= 0.3 is 0 Å². The van der Waals surface area contributed by atoms with Crippen molar-refractivity contribution in [1.29, 1.82) is 0 Å². The first kappa shape index (κ1) is 44.6. The van der Waals surface area contributed by atoms with Crippen LogP contribution in [-0.4, -0.2) is 41.9 Å². The molecule has 0 aliphatic carbocycles. The van der Waals surface area contributed by atoms with Crippen LogP contribution in [0, 0.1) is 0 Å². The summed E-state index contributed by atoms with van der Waals surface area (Å²) in [5.41, 5.74) is 0. The summed E-state index contributed by atoms with van der Waals surface area (Å²) in [6, 6.07) is -1.07. The second-order valence-corrected chi connectivity index (χ2v) is 14.7. The van der Waals surface area contributed by atoms with Gasteiger partial charge in [0.2, 0.25) is 5.91 Å². The van der Waals surface area contributed by atoms with Gasteiger partial charge in [0.1, 0.15) is 0 Å². The first-order valence-corrected chi connectivity index (χ1v) is 20.8. The average Bonchev–Trinajstić information content (AvgIpc) is 3.01. The summed E-state index contributed by atoms with van der Waals surface area (Å²) in [7, 11) is -4.35. The number of rotatable bonds is 34. The van der Waals surface area contributed by atoms with E-state index in [4.69, 9.17) is 0 Å². The lowest BCUT2D eigenvalue weighted by Gasteiger charge is -2.21. The van der Waals surface area contributed by atoms with Crippen LogP contribution in [0.4, 0.5) is 0 Å². The fourth-order valence-corrected chi connectivity index (χ4v) is 6.38. The van der Waals surface area contributed by atoms with Gasteiger partial charge < -0.3 is 10.4 Å². The molecule has 0 aromatic carbocycles. The number of unbranched alkanes of at least 4 members (excludes halogenated alkanes) is 22. The number of aliphatic hydroxyl groups excluding tert-OH is 1. The van der Waals surface area contributed by atoms with E-state index in [1.165, 1.54) is 122 Å². The Hall–Kier alpha value is -1.44. The van der Waals surface area contributed by atoms with Crippen molar-refractivity contribution in [1.82, 2.24) is 5.32 Å². The number of carbonyl (C=O) groups is 1. The maximum atomic E-state index is 12.5. The van der Waals surface area contributed by atoms with Gasteiger partial charge in [-0.05, 0) is 38.5 Å². The van der Waals surface area contributed by atoms with E-state index >= 15 is 0 Å². The van der Waals surface area contributed by atoms with Crippen LogP contribution in [0.15, 0.2) is 36.5 Å². The molecule has 0 spiro atoms. The zero-order chi connectivity index (χ0) is 34.0. The smallest absolute Gasteiger partial charge is 0.267 e. The molecule has 2 atom stereocenters. The number of carbonyl (C=O) groups excluding carboxylic acids is 1. The Kier molecular flexibility index (Phi) is 32.4. The number of amides is 1. The molecular weight excluding hydrogens is 594 g/mol. The summed E-state index contributed by atoms with van der Waals surface area (Å²) in [6.07, 6.45) is 42.8. The predicted molar refractivity (Wildman–Crippen MR) is 198 cm³/mol. The van der Waals surface area contributed by atoms with Gasteiger partial charge in [0.15, 0.2) is 0 Å². The molecule has 6 nitrogen and oxygen atoms in total. The Morgan fingerprint density at radius 3 is 1.35 bits per heavy atom. The highest BCUT2D eigenvalue weighted by Crippen LogP contribution is 2.15. The van der Waals surface area contributed by atoms with Crippen molar-refractivity contribution in [2.24, 2.45) is 0 Å². The molecule has 0 bridgehead atoms. The number of hydrogen-bond donors (Lipinski definition) is 3. The van der Waals surface area contributed by atoms with Crippen molar-refractivity contribution < 1.29 is 22.9 Å². The summed E-state index contributed by atoms with van der Waals surface area (Å²) in [5.74, 6) is -1.01. The van der Waals surface area contributed by atoms with Crippen molar-refractivity contribution in [2.45, 2.75) is 199 Å². The molecule has 0 radical (unpaired) electrons. The lowest BCUT2D eigenvalue weighted by atomic mass is 10.0. The first-order chi connectivity index (χ1) is 22.3. The van der Waals surface area contributed by atoms with Crippen molar-refractivity contribution in [2.75, 3.05) is 5.75 Å². The Morgan fingerprint density at radius 1 is 0.565 bits per heavy atom. The third-order valence-electron chi connectivity index (χ3n) is 8.55. The fourth-order valence-electron chi connectivity index (χ4n) is 5.64. The minimum atomic E-state index is -4.35. The molecule has 1 amide bonds. The molecule has 0 saturated heterocycles. The molecular formula is C39H73NO5S. The van der Waals surface area contributed by atoms with E-state index in [2.05, 4.69) is 43.5 Å². The quantitative estimate of drug-likeness (QED) is 0.0360. The molecule has 0 aliphatic rings. The maximum Gasteiger partial charge on any atom is 0.267 e. The zero-order valence-electron chi connectivity index (χ0n) is 29.9. The Balaban J connectivity index is 3.93. The van der Waals surface area contributed by atoms with Gasteiger partial charge in [-0.3, -0.25) is 9.35 Å². The normalized spacial score (nSPS) is 13.7. The number of allylic oxidation sites excluding steroid dienone is 5. The van der Waals surface area contributed by atoms with Crippen molar-refractivity contribution in [3.05, 3.63) is 36.5 Å². The molecule has 0 aromatic rings. The van der Waals surface area contributed by atoms with E-state index in [9.17, 15) is 22.9 Å². The molecule has 2 unspecified atom stereocenters. The Bertz CT molecular complexity index is 868. The van der Waals surface area contributed by atoms with Gasteiger partial charge in [0.25, 0.3) is 10.1 Å². The first-order valence-electron chi connectivity index (χ1n) is 19.2. The van der Waals surface area contributed by atoms with Crippen LogP contribution in [0.3, 0.4) is 0 Å². The molecule has 270 valence electrons. The molecule has 46 heavy (non-hydrogen) atoms.